The third-order valence-electron chi connectivity index (χ3n) is 2.87. The molecule has 1 aromatic rings. The molecule has 0 aliphatic carbocycles. The van der Waals surface area contributed by atoms with Crippen LogP contribution in [0, 0.1) is 5.82 Å². The molecule has 0 heterocycles. The highest BCUT2D eigenvalue weighted by Gasteiger charge is 2.13. The summed E-state index contributed by atoms with van der Waals surface area (Å²) >= 11 is 0. The van der Waals surface area contributed by atoms with Gasteiger partial charge in [-0.2, -0.15) is 0 Å². The fourth-order valence-corrected chi connectivity index (χ4v) is 1.87. The summed E-state index contributed by atoms with van der Waals surface area (Å²) in [5.74, 6) is -0.340. The van der Waals surface area contributed by atoms with Gasteiger partial charge in [0.15, 0.2) is 0 Å². The number of primary amides is 1. The lowest BCUT2D eigenvalue weighted by molar-refractivity contribution is -0.118. The lowest BCUT2D eigenvalue weighted by Crippen LogP contribution is -2.31. The van der Waals surface area contributed by atoms with Crippen LogP contribution in [-0.4, -0.2) is 25.0 Å². The van der Waals surface area contributed by atoms with E-state index < -0.39 is 6.03 Å². The molecule has 1 aromatic carbocycles. The van der Waals surface area contributed by atoms with Crippen LogP contribution in [0.2, 0.25) is 0 Å². The van der Waals surface area contributed by atoms with E-state index in [4.69, 9.17) is 5.73 Å². The zero-order valence-electron chi connectivity index (χ0n) is 11.6. The minimum atomic E-state index is -0.558. The predicted molar refractivity (Wildman–Crippen MR) is 75.9 cm³/mol. The van der Waals surface area contributed by atoms with Gasteiger partial charge in [-0.1, -0.05) is 0 Å². The van der Waals surface area contributed by atoms with Crippen LogP contribution in [0.1, 0.15) is 26.2 Å². The number of amides is 3. The van der Waals surface area contributed by atoms with Crippen LogP contribution in [0.15, 0.2) is 24.3 Å². The average molecular weight is 281 g/mol. The number of halogens is 1. The van der Waals surface area contributed by atoms with Crippen molar-refractivity contribution in [2.75, 3.05) is 18.0 Å². The number of hydrogen-bond acceptors (Lipinski definition) is 2. The second-order valence-electron chi connectivity index (χ2n) is 4.36. The van der Waals surface area contributed by atoms with Crippen LogP contribution in [0.3, 0.4) is 0 Å². The van der Waals surface area contributed by atoms with Crippen LogP contribution in [0.25, 0.3) is 0 Å². The number of nitrogens with two attached hydrogens (primary N) is 1. The van der Waals surface area contributed by atoms with Gasteiger partial charge in [0.05, 0.1) is 0 Å². The van der Waals surface area contributed by atoms with Crippen molar-refractivity contribution in [3.05, 3.63) is 30.1 Å². The van der Waals surface area contributed by atoms with Gasteiger partial charge in [0.1, 0.15) is 5.82 Å². The van der Waals surface area contributed by atoms with Crippen LogP contribution >= 0.6 is 0 Å². The Balaban J connectivity index is 2.43. The molecule has 0 saturated heterocycles. The molecule has 0 atom stereocenters. The summed E-state index contributed by atoms with van der Waals surface area (Å²) in [6.07, 6.45) is 1.73. The van der Waals surface area contributed by atoms with Crippen molar-refractivity contribution in [3.8, 4) is 0 Å². The maximum absolute atomic E-state index is 12.9. The number of benzene rings is 1. The molecule has 0 aromatic heterocycles. The van der Waals surface area contributed by atoms with E-state index in [-0.39, 0.29) is 11.7 Å². The number of carbonyl (C=O) groups is 2. The first-order valence-corrected chi connectivity index (χ1v) is 6.63. The second kappa shape index (κ2) is 8.14. The number of unbranched alkanes of at least 4 members (excludes halogenated alkanes) is 1. The number of hydrogen-bond donors (Lipinski definition) is 2. The minimum absolute atomic E-state index is 0.0156. The van der Waals surface area contributed by atoms with E-state index in [0.29, 0.717) is 38.0 Å². The first-order chi connectivity index (χ1) is 9.54. The smallest absolute Gasteiger partial charge is 0.312 e. The van der Waals surface area contributed by atoms with E-state index in [1.807, 2.05) is 6.92 Å². The third-order valence-corrected chi connectivity index (χ3v) is 2.87. The summed E-state index contributed by atoms with van der Waals surface area (Å²) in [4.78, 5) is 24.2. The first-order valence-electron chi connectivity index (χ1n) is 6.63. The van der Waals surface area contributed by atoms with Gasteiger partial charge in [0.2, 0.25) is 5.91 Å². The molecule has 0 saturated carbocycles. The van der Waals surface area contributed by atoms with Gasteiger partial charge in [-0.3, -0.25) is 4.79 Å². The van der Waals surface area contributed by atoms with Crippen LogP contribution < -0.4 is 16.0 Å². The van der Waals surface area contributed by atoms with E-state index in [2.05, 4.69) is 5.32 Å². The molecule has 0 spiro atoms. The molecular weight excluding hydrogens is 261 g/mol. The van der Waals surface area contributed by atoms with E-state index in [1.165, 1.54) is 12.1 Å². The number of nitrogens with zero attached hydrogens (tertiary/aromatic N) is 1. The quantitative estimate of drug-likeness (QED) is 0.750. The van der Waals surface area contributed by atoms with E-state index in [0.717, 1.165) is 0 Å². The number of urea groups is 1. The largest absolute Gasteiger partial charge is 0.352 e. The van der Waals surface area contributed by atoms with Crippen molar-refractivity contribution in [2.45, 2.75) is 26.2 Å². The summed E-state index contributed by atoms with van der Waals surface area (Å²) < 4.78 is 12.9. The molecule has 0 bridgehead atoms. The van der Waals surface area contributed by atoms with E-state index in [9.17, 15) is 14.0 Å². The highest BCUT2D eigenvalue weighted by Crippen LogP contribution is 2.16. The Hall–Kier alpha value is -2.11. The Labute approximate surface area is 117 Å². The molecule has 0 aliphatic heterocycles. The molecule has 20 heavy (non-hydrogen) atoms. The average Bonchev–Trinajstić information content (AvgIpc) is 2.41. The molecule has 5 nitrogen and oxygen atoms in total. The minimum Gasteiger partial charge on any atom is -0.352 e. The Morgan fingerprint density at radius 1 is 1.25 bits per heavy atom. The fraction of sp³-hybridized carbons (Fsp3) is 0.429. The van der Waals surface area contributed by atoms with Crippen molar-refractivity contribution in [2.24, 2.45) is 5.73 Å². The molecule has 0 radical (unpaired) electrons. The summed E-state index contributed by atoms with van der Waals surface area (Å²) in [6, 6.07) is 5.29. The highest BCUT2D eigenvalue weighted by atomic mass is 19.1. The van der Waals surface area contributed by atoms with E-state index in [1.54, 1.807) is 17.0 Å². The third kappa shape index (κ3) is 5.26. The van der Waals surface area contributed by atoms with Gasteiger partial charge in [-0.25, -0.2) is 9.18 Å². The van der Waals surface area contributed by atoms with Crippen molar-refractivity contribution in [1.29, 1.82) is 0 Å². The Morgan fingerprint density at radius 2 is 1.90 bits per heavy atom. The Bertz CT molecular complexity index is 448. The number of nitrogens with one attached hydrogen (secondary N) is 1. The van der Waals surface area contributed by atoms with Gasteiger partial charge in [-0.15, -0.1) is 0 Å². The van der Waals surface area contributed by atoms with Crippen LogP contribution in [-0.2, 0) is 4.79 Å². The molecule has 3 amide bonds. The van der Waals surface area contributed by atoms with Gasteiger partial charge < -0.3 is 16.0 Å². The molecule has 6 heteroatoms. The molecular formula is C14H20FN3O2. The molecule has 0 unspecified atom stereocenters. The maximum Gasteiger partial charge on any atom is 0.312 e. The van der Waals surface area contributed by atoms with Gasteiger partial charge in [0, 0.05) is 25.2 Å². The predicted octanol–water partition coefficient (Wildman–Crippen LogP) is 2.02. The summed E-state index contributed by atoms with van der Waals surface area (Å²) in [5.41, 5.74) is 5.63. The highest BCUT2D eigenvalue weighted by molar-refractivity contribution is 5.93. The normalized spacial score (nSPS) is 10.1. The van der Waals surface area contributed by atoms with Crippen molar-refractivity contribution in [1.82, 2.24) is 5.32 Å². The summed E-state index contributed by atoms with van der Waals surface area (Å²) in [6.45, 7) is 2.87. The molecule has 0 fully saturated rings. The molecule has 3 N–H and O–H groups in total. The van der Waals surface area contributed by atoms with Crippen molar-refractivity contribution >= 4 is 17.6 Å². The van der Waals surface area contributed by atoms with Gasteiger partial charge in [-0.05, 0) is 44.0 Å². The standard InChI is InChI=1S/C14H20FN3O2/c1-2-18(12-8-6-11(15)7-9-12)13(19)5-3-4-10-17-14(16)20/h6-9H,2-5,10H2,1H3,(H3,16,17,20). The fourth-order valence-electron chi connectivity index (χ4n) is 1.87. The maximum atomic E-state index is 12.9. The van der Waals surface area contributed by atoms with Gasteiger partial charge in [0.25, 0.3) is 0 Å². The lowest BCUT2D eigenvalue weighted by Gasteiger charge is -2.21. The number of rotatable bonds is 7. The molecule has 0 aliphatic rings. The molecule has 110 valence electrons. The van der Waals surface area contributed by atoms with Crippen LogP contribution in [0.4, 0.5) is 14.9 Å². The Kier molecular flexibility index (Phi) is 6.49. The molecule has 1 rings (SSSR count). The first kappa shape index (κ1) is 15.9. The monoisotopic (exact) mass is 281 g/mol. The zero-order chi connectivity index (χ0) is 15.0. The van der Waals surface area contributed by atoms with Crippen molar-refractivity contribution < 1.29 is 14.0 Å². The zero-order valence-corrected chi connectivity index (χ0v) is 11.6. The summed E-state index contributed by atoms with van der Waals surface area (Å²) in [7, 11) is 0. The summed E-state index contributed by atoms with van der Waals surface area (Å²) in [5, 5.41) is 2.47. The number of carbonyl (C=O) groups excluding carboxylic acids is 2. The van der Waals surface area contributed by atoms with E-state index >= 15 is 0 Å². The second-order valence-corrected chi connectivity index (χ2v) is 4.36. The topological polar surface area (TPSA) is 75.4 Å². The van der Waals surface area contributed by atoms with Gasteiger partial charge >= 0.3 is 6.03 Å². The van der Waals surface area contributed by atoms with Crippen molar-refractivity contribution in [3.63, 3.8) is 0 Å². The SMILES string of the molecule is CCN(C(=O)CCCCNC(N)=O)c1ccc(F)cc1. The Morgan fingerprint density at radius 3 is 2.45 bits per heavy atom. The van der Waals surface area contributed by atoms with Crippen LogP contribution in [0.5, 0.6) is 0 Å². The number of anilines is 1. The lowest BCUT2D eigenvalue weighted by atomic mass is 10.2.